The maximum atomic E-state index is 5.70. The van der Waals surface area contributed by atoms with E-state index >= 15 is 0 Å². The van der Waals surface area contributed by atoms with Crippen LogP contribution in [0.1, 0.15) is 55.9 Å². The molecule has 0 unspecified atom stereocenters. The molecule has 0 aromatic carbocycles. The summed E-state index contributed by atoms with van der Waals surface area (Å²) in [5.74, 6) is 0. The average molecular weight is 314 g/mol. The Morgan fingerprint density at radius 2 is 1.86 bits per heavy atom. The van der Waals surface area contributed by atoms with Gasteiger partial charge in [0, 0.05) is 28.4 Å². The van der Waals surface area contributed by atoms with Crippen LogP contribution in [-0.2, 0) is 22.6 Å². The van der Waals surface area contributed by atoms with Crippen LogP contribution < -0.4 is 5.32 Å². The van der Waals surface area contributed by atoms with E-state index < -0.39 is 0 Å². The Bertz CT molecular complexity index is 396. The van der Waals surface area contributed by atoms with Crippen molar-refractivity contribution in [3.05, 3.63) is 21.4 Å². The summed E-state index contributed by atoms with van der Waals surface area (Å²) in [7, 11) is 0. The van der Waals surface area contributed by atoms with Crippen LogP contribution in [0.25, 0.3) is 0 Å². The zero-order valence-electron chi connectivity index (χ0n) is 14.3. The number of hydrogen-bond acceptors (Lipinski definition) is 4. The molecule has 0 amide bonds. The van der Waals surface area contributed by atoms with E-state index in [0.717, 1.165) is 19.6 Å². The third-order valence-electron chi connectivity index (χ3n) is 3.14. The highest BCUT2D eigenvalue weighted by atomic mass is 32.1. The van der Waals surface area contributed by atoms with Crippen molar-refractivity contribution in [2.75, 3.05) is 19.8 Å². The predicted molar refractivity (Wildman–Crippen MR) is 91.0 cm³/mol. The molecule has 122 valence electrons. The average Bonchev–Trinajstić information content (AvgIpc) is 2.75. The molecule has 0 aliphatic carbocycles. The summed E-state index contributed by atoms with van der Waals surface area (Å²) < 4.78 is 11.2. The van der Waals surface area contributed by atoms with Crippen LogP contribution in [0, 0.1) is 6.92 Å². The van der Waals surface area contributed by atoms with Gasteiger partial charge in [-0.1, -0.05) is 13.3 Å². The van der Waals surface area contributed by atoms with Crippen molar-refractivity contribution >= 4 is 11.3 Å². The molecular formula is C17H31NO2S. The minimum Gasteiger partial charge on any atom is -0.379 e. The van der Waals surface area contributed by atoms with Gasteiger partial charge in [-0.05, 0) is 45.7 Å². The Morgan fingerprint density at radius 3 is 2.52 bits per heavy atom. The highest BCUT2D eigenvalue weighted by Crippen LogP contribution is 2.22. The second-order valence-corrected chi connectivity index (χ2v) is 7.76. The highest BCUT2D eigenvalue weighted by molar-refractivity contribution is 7.12. The van der Waals surface area contributed by atoms with Gasteiger partial charge in [0.2, 0.25) is 0 Å². The van der Waals surface area contributed by atoms with Gasteiger partial charge >= 0.3 is 0 Å². The molecule has 1 rings (SSSR count). The first-order chi connectivity index (χ1) is 9.92. The zero-order valence-corrected chi connectivity index (χ0v) is 15.1. The van der Waals surface area contributed by atoms with E-state index in [1.54, 1.807) is 0 Å². The standard InChI is InChI=1S/C17H31NO2S/c1-6-7-8-19-9-10-20-13-15-11-16(21-14(15)2)12-18-17(3,4)5/h11,18H,6-10,12-13H2,1-5H3. The molecule has 1 N–H and O–H groups in total. The molecule has 0 fully saturated rings. The Hall–Kier alpha value is -0.420. The SMILES string of the molecule is CCCCOCCOCc1cc(CNC(C)(C)C)sc1C. The molecule has 1 heterocycles. The molecular weight excluding hydrogens is 282 g/mol. The monoisotopic (exact) mass is 313 g/mol. The molecule has 0 spiro atoms. The third-order valence-corrected chi connectivity index (χ3v) is 4.23. The van der Waals surface area contributed by atoms with Crippen LogP contribution in [0.15, 0.2) is 6.07 Å². The minimum absolute atomic E-state index is 0.157. The fraction of sp³-hybridized carbons (Fsp3) is 0.765. The van der Waals surface area contributed by atoms with Crippen molar-refractivity contribution in [1.29, 1.82) is 0 Å². The number of thiophene rings is 1. The highest BCUT2D eigenvalue weighted by Gasteiger charge is 2.11. The first-order valence-corrected chi connectivity index (χ1v) is 8.72. The number of ether oxygens (including phenoxy) is 2. The zero-order chi connectivity index (χ0) is 15.7. The lowest BCUT2D eigenvalue weighted by Crippen LogP contribution is -2.34. The predicted octanol–water partition coefficient (Wildman–Crippen LogP) is 4.28. The van der Waals surface area contributed by atoms with E-state index in [1.165, 1.54) is 21.7 Å². The summed E-state index contributed by atoms with van der Waals surface area (Å²) in [4.78, 5) is 2.73. The Labute approximate surface area is 134 Å². The van der Waals surface area contributed by atoms with E-state index in [-0.39, 0.29) is 5.54 Å². The van der Waals surface area contributed by atoms with E-state index in [0.29, 0.717) is 19.8 Å². The second kappa shape index (κ2) is 9.57. The fourth-order valence-electron chi connectivity index (χ4n) is 1.82. The van der Waals surface area contributed by atoms with Crippen LogP contribution in [0.3, 0.4) is 0 Å². The van der Waals surface area contributed by atoms with Crippen LogP contribution in [0.2, 0.25) is 0 Å². The Kier molecular flexibility index (Phi) is 8.49. The molecule has 1 aromatic rings. The fourth-order valence-corrected chi connectivity index (χ4v) is 2.81. The van der Waals surface area contributed by atoms with Crippen molar-refractivity contribution in [1.82, 2.24) is 5.32 Å². The number of rotatable bonds is 10. The van der Waals surface area contributed by atoms with Crippen molar-refractivity contribution in [3.8, 4) is 0 Å². The van der Waals surface area contributed by atoms with Crippen LogP contribution in [-0.4, -0.2) is 25.4 Å². The van der Waals surface area contributed by atoms with Gasteiger partial charge in [-0.3, -0.25) is 0 Å². The summed E-state index contributed by atoms with van der Waals surface area (Å²) in [6.45, 7) is 14.7. The largest absolute Gasteiger partial charge is 0.379 e. The maximum absolute atomic E-state index is 5.70. The molecule has 0 saturated heterocycles. The molecule has 21 heavy (non-hydrogen) atoms. The second-order valence-electron chi connectivity index (χ2n) is 6.42. The summed E-state index contributed by atoms with van der Waals surface area (Å²) in [6.07, 6.45) is 2.31. The quantitative estimate of drug-likeness (QED) is 0.654. The molecule has 0 aliphatic heterocycles. The van der Waals surface area contributed by atoms with E-state index in [1.807, 2.05) is 11.3 Å². The maximum Gasteiger partial charge on any atom is 0.0728 e. The Balaban J connectivity index is 2.24. The third kappa shape index (κ3) is 8.57. The smallest absolute Gasteiger partial charge is 0.0728 e. The van der Waals surface area contributed by atoms with Crippen molar-refractivity contribution in [2.24, 2.45) is 0 Å². The molecule has 0 aliphatic rings. The molecule has 0 radical (unpaired) electrons. The molecule has 1 aromatic heterocycles. The van der Waals surface area contributed by atoms with Gasteiger partial charge in [0.25, 0.3) is 0 Å². The molecule has 0 saturated carbocycles. The lowest BCUT2D eigenvalue weighted by atomic mass is 10.1. The van der Waals surface area contributed by atoms with Gasteiger partial charge in [-0.15, -0.1) is 11.3 Å². The molecule has 0 bridgehead atoms. The molecule has 4 heteroatoms. The lowest BCUT2D eigenvalue weighted by molar-refractivity contribution is 0.0396. The van der Waals surface area contributed by atoms with Gasteiger partial charge in [0.1, 0.15) is 0 Å². The van der Waals surface area contributed by atoms with Gasteiger partial charge in [-0.25, -0.2) is 0 Å². The first kappa shape index (κ1) is 18.6. The number of aryl methyl sites for hydroxylation is 1. The topological polar surface area (TPSA) is 30.5 Å². The van der Waals surface area contributed by atoms with Crippen molar-refractivity contribution in [2.45, 2.75) is 66.2 Å². The first-order valence-electron chi connectivity index (χ1n) is 7.91. The summed E-state index contributed by atoms with van der Waals surface area (Å²) >= 11 is 1.86. The number of nitrogens with one attached hydrogen (secondary N) is 1. The summed E-state index contributed by atoms with van der Waals surface area (Å²) in [6, 6.07) is 2.26. The van der Waals surface area contributed by atoms with Crippen molar-refractivity contribution < 1.29 is 9.47 Å². The van der Waals surface area contributed by atoms with Gasteiger partial charge < -0.3 is 14.8 Å². The van der Waals surface area contributed by atoms with Crippen molar-refractivity contribution in [3.63, 3.8) is 0 Å². The van der Waals surface area contributed by atoms with Crippen LogP contribution in [0.5, 0.6) is 0 Å². The van der Waals surface area contributed by atoms with E-state index in [9.17, 15) is 0 Å². The van der Waals surface area contributed by atoms with Crippen LogP contribution >= 0.6 is 11.3 Å². The van der Waals surface area contributed by atoms with Gasteiger partial charge in [-0.2, -0.15) is 0 Å². The number of unbranched alkanes of at least 4 members (excludes halogenated alkanes) is 1. The Morgan fingerprint density at radius 1 is 1.14 bits per heavy atom. The molecule has 3 nitrogen and oxygen atoms in total. The van der Waals surface area contributed by atoms with Crippen LogP contribution in [0.4, 0.5) is 0 Å². The van der Waals surface area contributed by atoms with Gasteiger partial charge in [0.15, 0.2) is 0 Å². The van der Waals surface area contributed by atoms with E-state index in [2.05, 4.69) is 46.0 Å². The number of hydrogen-bond donors (Lipinski definition) is 1. The lowest BCUT2D eigenvalue weighted by Gasteiger charge is -2.19. The summed E-state index contributed by atoms with van der Waals surface area (Å²) in [5, 5.41) is 3.52. The van der Waals surface area contributed by atoms with E-state index in [4.69, 9.17) is 9.47 Å². The molecule has 0 atom stereocenters. The normalized spacial score (nSPS) is 12.0. The van der Waals surface area contributed by atoms with Gasteiger partial charge in [0.05, 0.1) is 19.8 Å². The summed E-state index contributed by atoms with van der Waals surface area (Å²) in [5.41, 5.74) is 1.46. The minimum atomic E-state index is 0.157.